The molecule has 0 saturated carbocycles. The molecule has 0 fully saturated rings. The van der Waals surface area contributed by atoms with Gasteiger partial charge in [-0.25, -0.2) is 4.79 Å². The Hall–Kier alpha value is -3.63. The smallest absolute Gasteiger partial charge is 0.349 e. The average molecular weight is 400 g/mol. The summed E-state index contributed by atoms with van der Waals surface area (Å²) in [4.78, 5) is 13.0. The van der Waals surface area contributed by atoms with Crippen molar-refractivity contribution in [2.24, 2.45) is 0 Å². The van der Waals surface area contributed by atoms with Crippen LogP contribution in [0.3, 0.4) is 0 Å². The maximum atomic E-state index is 13.0. The van der Waals surface area contributed by atoms with Crippen LogP contribution in [0.25, 0.3) is 44.7 Å². The van der Waals surface area contributed by atoms with Crippen molar-refractivity contribution in [2.75, 3.05) is 0 Å². The lowest BCUT2D eigenvalue weighted by Crippen LogP contribution is -2.02. The number of nitrogens with zero attached hydrogens (tertiary/aromatic N) is 1. The Morgan fingerprint density at radius 3 is 2.00 bits per heavy atom. The first-order valence-corrected chi connectivity index (χ1v) is 9.43. The predicted octanol–water partition coefficient (Wildman–Crippen LogP) is 6.44. The van der Waals surface area contributed by atoms with Gasteiger partial charge in [-0.15, -0.1) is 0 Å². The van der Waals surface area contributed by atoms with Crippen LogP contribution in [0.15, 0.2) is 98.7 Å². The summed E-state index contributed by atoms with van der Waals surface area (Å²) in [6.07, 6.45) is 0. The number of rotatable bonds is 3. The lowest BCUT2D eigenvalue weighted by molar-refractivity contribution is 0.457. The molecule has 0 aliphatic heterocycles. The standard InChI is InChI=1S/C24H14ClNO3/c25-18-13-11-16(12-14-18)21-20-23(29-26-21)19(15-7-3-1-4-8-15)22(28-24(20)27)17-9-5-2-6-10-17/h1-14H. The highest BCUT2D eigenvalue weighted by molar-refractivity contribution is 6.30. The molecule has 0 N–H and O–H groups in total. The zero-order valence-electron chi connectivity index (χ0n) is 15.1. The van der Waals surface area contributed by atoms with Gasteiger partial charge in [-0.1, -0.05) is 89.6 Å². The molecule has 0 aliphatic rings. The van der Waals surface area contributed by atoms with Gasteiger partial charge in [0.1, 0.15) is 16.8 Å². The van der Waals surface area contributed by atoms with E-state index in [-0.39, 0.29) is 0 Å². The van der Waals surface area contributed by atoms with E-state index in [4.69, 9.17) is 20.5 Å². The molecular formula is C24H14ClNO3. The van der Waals surface area contributed by atoms with Gasteiger partial charge in [0.05, 0.1) is 5.56 Å². The van der Waals surface area contributed by atoms with E-state index in [1.54, 1.807) is 24.3 Å². The number of hydrogen-bond acceptors (Lipinski definition) is 4. The minimum absolute atomic E-state index is 0.311. The molecule has 0 aliphatic carbocycles. The minimum atomic E-state index is -0.496. The van der Waals surface area contributed by atoms with Crippen LogP contribution >= 0.6 is 11.6 Å². The molecule has 0 atom stereocenters. The summed E-state index contributed by atoms with van der Waals surface area (Å²) in [5.74, 6) is 0.452. The maximum Gasteiger partial charge on any atom is 0.349 e. The molecule has 5 rings (SSSR count). The number of halogens is 1. The highest BCUT2D eigenvalue weighted by Crippen LogP contribution is 2.39. The second-order valence-electron chi connectivity index (χ2n) is 6.57. The Bertz CT molecular complexity index is 1350. The van der Waals surface area contributed by atoms with Crippen molar-refractivity contribution in [3.63, 3.8) is 0 Å². The number of hydrogen-bond donors (Lipinski definition) is 0. The summed E-state index contributed by atoms with van der Waals surface area (Å²) < 4.78 is 11.5. The predicted molar refractivity (Wildman–Crippen MR) is 114 cm³/mol. The van der Waals surface area contributed by atoms with Crippen molar-refractivity contribution in [3.05, 3.63) is 100 Å². The molecule has 0 saturated heterocycles. The average Bonchev–Trinajstić information content (AvgIpc) is 3.21. The molecule has 2 heterocycles. The van der Waals surface area contributed by atoms with Crippen molar-refractivity contribution < 1.29 is 8.94 Å². The SMILES string of the molecule is O=c1oc(-c2ccccc2)c(-c2ccccc2)c2onc(-c3ccc(Cl)cc3)c12. The second kappa shape index (κ2) is 7.08. The van der Waals surface area contributed by atoms with Gasteiger partial charge in [-0.3, -0.25) is 0 Å². The molecule has 0 bridgehead atoms. The van der Waals surface area contributed by atoms with Gasteiger partial charge in [0.25, 0.3) is 0 Å². The number of aromatic nitrogens is 1. The van der Waals surface area contributed by atoms with E-state index >= 15 is 0 Å². The van der Waals surface area contributed by atoms with Crippen LogP contribution in [-0.2, 0) is 0 Å². The molecule has 5 aromatic rings. The summed E-state index contributed by atoms with van der Waals surface area (Å²) in [7, 11) is 0. The molecule has 29 heavy (non-hydrogen) atoms. The van der Waals surface area contributed by atoms with Gasteiger partial charge in [0.2, 0.25) is 0 Å². The Morgan fingerprint density at radius 2 is 1.34 bits per heavy atom. The summed E-state index contributed by atoms with van der Waals surface area (Å²) in [6.45, 7) is 0. The molecule has 140 valence electrons. The normalized spacial score (nSPS) is 11.1. The van der Waals surface area contributed by atoms with Crippen molar-refractivity contribution in [1.29, 1.82) is 0 Å². The van der Waals surface area contributed by atoms with E-state index in [0.29, 0.717) is 33.0 Å². The van der Waals surface area contributed by atoms with E-state index in [1.807, 2.05) is 60.7 Å². The maximum absolute atomic E-state index is 13.0. The number of fused-ring (bicyclic) bond motifs is 1. The molecular weight excluding hydrogens is 386 g/mol. The van der Waals surface area contributed by atoms with Crippen molar-refractivity contribution in [2.45, 2.75) is 0 Å². The van der Waals surface area contributed by atoms with Gasteiger partial charge < -0.3 is 8.94 Å². The van der Waals surface area contributed by atoms with Gasteiger partial charge in [0, 0.05) is 16.1 Å². The highest BCUT2D eigenvalue weighted by atomic mass is 35.5. The van der Waals surface area contributed by atoms with Gasteiger partial charge in [-0.2, -0.15) is 0 Å². The fourth-order valence-corrected chi connectivity index (χ4v) is 3.54. The lowest BCUT2D eigenvalue weighted by Gasteiger charge is -2.09. The van der Waals surface area contributed by atoms with Gasteiger partial charge in [-0.05, 0) is 17.7 Å². The lowest BCUT2D eigenvalue weighted by atomic mass is 9.98. The van der Waals surface area contributed by atoms with Crippen LogP contribution in [0, 0.1) is 0 Å². The van der Waals surface area contributed by atoms with Crippen LogP contribution < -0.4 is 5.63 Å². The molecule has 5 heteroatoms. The summed E-state index contributed by atoms with van der Waals surface area (Å²) in [5.41, 5.74) is 3.42. The Balaban J connectivity index is 1.86. The molecule has 0 amide bonds. The first-order valence-electron chi connectivity index (χ1n) is 9.05. The van der Waals surface area contributed by atoms with Crippen LogP contribution in [0.4, 0.5) is 0 Å². The van der Waals surface area contributed by atoms with Crippen LogP contribution in [-0.4, -0.2) is 5.16 Å². The van der Waals surface area contributed by atoms with Crippen LogP contribution in [0.1, 0.15) is 0 Å². The van der Waals surface area contributed by atoms with Gasteiger partial charge >= 0.3 is 5.63 Å². The third-order valence-electron chi connectivity index (χ3n) is 4.76. The zero-order valence-corrected chi connectivity index (χ0v) is 15.9. The molecule has 3 aromatic carbocycles. The molecule has 0 radical (unpaired) electrons. The minimum Gasteiger partial charge on any atom is -0.421 e. The Morgan fingerprint density at radius 1 is 0.724 bits per heavy atom. The Kier molecular flexibility index (Phi) is 4.26. The second-order valence-corrected chi connectivity index (χ2v) is 7.00. The third kappa shape index (κ3) is 3.04. The van der Waals surface area contributed by atoms with E-state index in [2.05, 4.69) is 5.16 Å². The van der Waals surface area contributed by atoms with Crippen LogP contribution in [0.2, 0.25) is 5.02 Å². The molecule has 0 spiro atoms. The first-order chi connectivity index (χ1) is 14.2. The van der Waals surface area contributed by atoms with E-state index in [1.165, 1.54) is 0 Å². The van der Waals surface area contributed by atoms with E-state index < -0.39 is 5.63 Å². The summed E-state index contributed by atoms with van der Waals surface area (Å²) in [5, 5.41) is 5.11. The Labute approximate surface area is 171 Å². The third-order valence-corrected chi connectivity index (χ3v) is 5.01. The number of benzene rings is 3. The molecule has 0 unspecified atom stereocenters. The van der Waals surface area contributed by atoms with Crippen molar-refractivity contribution in [1.82, 2.24) is 5.16 Å². The monoisotopic (exact) mass is 399 g/mol. The fourth-order valence-electron chi connectivity index (χ4n) is 3.41. The van der Waals surface area contributed by atoms with Crippen molar-refractivity contribution >= 4 is 22.6 Å². The fraction of sp³-hybridized carbons (Fsp3) is 0. The summed E-state index contributed by atoms with van der Waals surface area (Å²) >= 11 is 5.99. The zero-order chi connectivity index (χ0) is 19.8. The first kappa shape index (κ1) is 17.5. The largest absolute Gasteiger partial charge is 0.421 e. The quantitative estimate of drug-likeness (QED) is 0.350. The summed E-state index contributed by atoms with van der Waals surface area (Å²) in [6, 6.07) is 26.3. The van der Waals surface area contributed by atoms with Gasteiger partial charge in [0.15, 0.2) is 5.58 Å². The van der Waals surface area contributed by atoms with E-state index in [9.17, 15) is 4.79 Å². The van der Waals surface area contributed by atoms with E-state index in [0.717, 1.165) is 16.7 Å². The van der Waals surface area contributed by atoms with Crippen molar-refractivity contribution in [3.8, 4) is 33.7 Å². The molecule has 4 nitrogen and oxygen atoms in total. The van der Waals surface area contributed by atoms with Crippen LogP contribution in [0.5, 0.6) is 0 Å². The molecule has 2 aromatic heterocycles. The topological polar surface area (TPSA) is 56.2 Å². The highest BCUT2D eigenvalue weighted by Gasteiger charge is 2.24.